The van der Waals surface area contributed by atoms with Gasteiger partial charge >= 0.3 is 0 Å². The maximum Gasteiger partial charge on any atom is 0.0962 e. The van der Waals surface area contributed by atoms with Crippen LogP contribution in [0.3, 0.4) is 0 Å². The summed E-state index contributed by atoms with van der Waals surface area (Å²) in [6.07, 6.45) is 0. The lowest BCUT2D eigenvalue weighted by atomic mass is 9.99. The van der Waals surface area contributed by atoms with Gasteiger partial charge in [-0.1, -0.05) is 6.92 Å². The summed E-state index contributed by atoms with van der Waals surface area (Å²) in [7, 11) is 0. The third kappa shape index (κ3) is 2.52. The molecular weight excluding hydrogens is 86.1 g/mol. The summed E-state index contributed by atoms with van der Waals surface area (Å²) >= 11 is 0. The highest BCUT2D eigenvalue weighted by atomic mass is 14.5. The molecule has 0 spiro atoms. The smallest absolute Gasteiger partial charge is 0.0962 e. The fourth-order valence-corrected chi connectivity index (χ4v) is 0.232. The van der Waals surface area contributed by atoms with Gasteiger partial charge in [-0.25, -0.2) is 0 Å². The average molecular weight is 100 g/mol. The highest BCUT2D eigenvalue weighted by Gasteiger charge is 2.08. The minimum absolute atomic E-state index is 0.491. The Labute approximate surface area is 45.9 Å². The van der Waals surface area contributed by atoms with Crippen molar-refractivity contribution in [3.8, 4) is 0 Å². The third-order valence-corrected chi connectivity index (χ3v) is 1.34. The minimum Gasteiger partial charge on any atom is -0.330 e. The average Bonchev–Trinajstić information content (AvgIpc) is 1.65. The fraction of sp³-hybridized carbons (Fsp3) is 0.833. The van der Waals surface area contributed by atoms with Crippen LogP contribution in [0.1, 0.15) is 13.8 Å². The number of hydrogen-bond acceptors (Lipinski definition) is 1. The number of nitrogens with two attached hydrogens (primary N) is 1. The van der Waals surface area contributed by atoms with Crippen LogP contribution in [0.2, 0.25) is 0 Å². The maximum atomic E-state index is 5.33. The third-order valence-electron chi connectivity index (χ3n) is 1.34. The lowest BCUT2D eigenvalue weighted by Crippen LogP contribution is -2.15. The van der Waals surface area contributed by atoms with E-state index in [9.17, 15) is 0 Å². The van der Waals surface area contributed by atoms with Gasteiger partial charge in [0.1, 0.15) is 0 Å². The zero-order chi connectivity index (χ0) is 5.86. The van der Waals surface area contributed by atoms with Crippen molar-refractivity contribution in [2.45, 2.75) is 13.8 Å². The molecular formula is C6H14N+. The van der Waals surface area contributed by atoms with Gasteiger partial charge in [0.15, 0.2) is 0 Å². The van der Waals surface area contributed by atoms with E-state index < -0.39 is 0 Å². The quantitative estimate of drug-likeness (QED) is 0.516. The predicted octanol–water partition coefficient (Wildman–Crippen LogP) is 1.05. The molecule has 0 aromatic heterocycles. The molecule has 1 nitrogen and oxygen atoms in total. The molecule has 2 unspecified atom stereocenters. The van der Waals surface area contributed by atoms with Crippen LogP contribution < -0.4 is 5.73 Å². The molecule has 0 fully saturated rings. The van der Waals surface area contributed by atoms with E-state index in [1.54, 1.807) is 0 Å². The van der Waals surface area contributed by atoms with Crippen LogP contribution in [-0.2, 0) is 0 Å². The summed E-state index contributed by atoms with van der Waals surface area (Å²) in [6.45, 7) is 8.77. The standard InChI is InChI=1S/C6H14N/c1-5(2)6(3)4-7/h5-6H,1,4,7H2,2-3H3/q+1. The first-order valence-electron chi connectivity index (χ1n) is 2.71. The van der Waals surface area contributed by atoms with Crippen LogP contribution in [0, 0.1) is 18.8 Å². The Bertz CT molecular complexity index is 41.4. The molecule has 0 saturated carbocycles. The second-order valence-corrected chi connectivity index (χ2v) is 2.19. The molecule has 0 radical (unpaired) electrons. The van der Waals surface area contributed by atoms with Gasteiger partial charge in [0.25, 0.3) is 0 Å². The van der Waals surface area contributed by atoms with Gasteiger partial charge < -0.3 is 5.73 Å². The molecule has 0 aromatic carbocycles. The largest absolute Gasteiger partial charge is 0.330 e. The van der Waals surface area contributed by atoms with E-state index in [-0.39, 0.29) is 0 Å². The van der Waals surface area contributed by atoms with Crippen LogP contribution in [0.4, 0.5) is 0 Å². The van der Waals surface area contributed by atoms with Crippen molar-refractivity contribution >= 4 is 0 Å². The van der Waals surface area contributed by atoms with Crippen LogP contribution in [-0.4, -0.2) is 6.54 Å². The van der Waals surface area contributed by atoms with Crippen LogP contribution in [0.15, 0.2) is 0 Å². The van der Waals surface area contributed by atoms with Crippen molar-refractivity contribution < 1.29 is 0 Å². The van der Waals surface area contributed by atoms with Crippen molar-refractivity contribution in [3.63, 3.8) is 0 Å². The van der Waals surface area contributed by atoms with E-state index in [4.69, 9.17) is 5.73 Å². The first kappa shape index (κ1) is 6.83. The monoisotopic (exact) mass is 100 g/mol. The van der Waals surface area contributed by atoms with Gasteiger partial charge in [-0.3, -0.25) is 0 Å². The van der Waals surface area contributed by atoms with E-state index in [2.05, 4.69) is 20.8 Å². The molecule has 0 aromatic rings. The Balaban J connectivity index is 3.14. The molecule has 0 aliphatic carbocycles. The predicted molar refractivity (Wildman–Crippen MR) is 32.7 cm³/mol. The van der Waals surface area contributed by atoms with Gasteiger partial charge in [-0.2, -0.15) is 0 Å². The van der Waals surface area contributed by atoms with E-state index in [0.29, 0.717) is 11.8 Å². The molecule has 0 bridgehead atoms. The SMILES string of the molecule is [CH2+]C(C)C(C)CN. The maximum absolute atomic E-state index is 5.33. The molecule has 7 heavy (non-hydrogen) atoms. The van der Waals surface area contributed by atoms with Crippen LogP contribution >= 0.6 is 0 Å². The first-order chi connectivity index (χ1) is 3.18. The second-order valence-electron chi connectivity index (χ2n) is 2.19. The van der Waals surface area contributed by atoms with Crippen molar-refractivity contribution in [2.75, 3.05) is 6.54 Å². The lowest BCUT2D eigenvalue weighted by molar-refractivity contribution is 0.468. The normalized spacial score (nSPS) is 18.7. The summed E-state index contributed by atoms with van der Waals surface area (Å²) < 4.78 is 0. The Morgan fingerprint density at radius 1 is 1.57 bits per heavy atom. The van der Waals surface area contributed by atoms with Crippen LogP contribution in [0.25, 0.3) is 0 Å². The van der Waals surface area contributed by atoms with Gasteiger partial charge in [0.05, 0.1) is 12.8 Å². The molecule has 0 rings (SSSR count). The van der Waals surface area contributed by atoms with Crippen molar-refractivity contribution in [3.05, 3.63) is 6.92 Å². The summed E-state index contributed by atoms with van der Waals surface area (Å²) in [6, 6.07) is 0. The summed E-state index contributed by atoms with van der Waals surface area (Å²) in [5, 5.41) is 0. The number of rotatable bonds is 2. The van der Waals surface area contributed by atoms with Crippen molar-refractivity contribution in [1.29, 1.82) is 0 Å². The van der Waals surface area contributed by atoms with Crippen molar-refractivity contribution in [2.24, 2.45) is 17.6 Å². The van der Waals surface area contributed by atoms with E-state index in [1.165, 1.54) is 0 Å². The zero-order valence-electron chi connectivity index (χ0n) is 5.15. The molecule has 1 heteroatoms. The zero-order valence-corrected chi connectivity index (χ0v) is 5.15. The Kier molecular flexibility index (Phi) is 2.84. The van der Waals surface area contributed by atoms with E-state index in [0.717, 1.165) is 6.54 Å². The minimum atomic E-state index is 0.491. The van der Waals surface area contributed by atoms with Gasteiger partial charge in [0.2, 0.25) is 0 Å². The molecule has 2 atom stereocenters. The van der Waals surface area contributed by atoms with Gasteiger partial charge in [-0.05, 0) is 13.5 Å². The van der Waals surface area contributed by atoms with Gasteiger partial charge in [-0.15, -0.1) is 0 Å². The van der Waals surface area contributed by atoms with E-state index >= 15 is 0 Å². The highest BCUT2D eigenvalue weighted by Crippen LogP contribution is 2.05. The van der Waals surface area contributed by atoms with Crippen LogP contribution in [0.5, 0.6) is 0 Å². The molecule has 0 saturated heterocycles. The lowest BCUT2D eigenvalue weighted by Gasteiger charge is -2.04. The fourth-order valence-electron chi connectivity index (χ4n) is 0.232. The molecule has 42 valence electrons. The molecule has 2 N–H and O–H groups in total. The Hall–Kier alpha value is -0.170. The summed E-state index contributed by atoms with van der Waals surface area (Å²) in [5.74, 6) is 1.06. The number of hydrogen-bond donors (Lipinski definition) is 1. The molecule has 0 heterocycles. The van der Waals surface area contributed by atoms with Gasteiger partial charge in [0, 0.05) is 5.92 Å². The van der Waals surface area contributed by atoms with Crippen molar-refractivity contribution in [1.82, 2.24) is 0 Å². The highest BCUT2D eigenvalue weighted by molar-refractivity contribution is 4.62. The summed E-state index contributed by atoms with van der Waals surface area (Å²) in [4.78, 5) is 0. The molecule has 0 aliphatic heterocycles. The van der Waals surface area contributed by atoms with E-state index in [1.807, 2.05) is 0 Å². The molecule has 0 aliphatic rings. The topological polar surface area (TPSA) is 26.0 Å². The Morgan fingerprint density at radius 3 is 2.00 bits per heavy atom. The summed E-state index contributed by atoms with van der Waals surface area (Å²) in [5.41, 5.74) is 5.33. The first-order valence-corrected chi connectivity index (χ1v) is 2.71. The Morgan fingerprint density at radius 2 is 2.00 bits per heavy atom. The molecule has 0 amide bonds. The second kappa shape index (κ2) is 2.92.